The highest BCUT2D eigenvalue weighted by Crippen LogP contribution is 2.36. The number of carbonyl (C=O) groups excluding carboxylic acids is 2. The fourth-order valence-corrected chi connectivity index (χ4v) is 5.58. The Morgan fingerprint density at radius 3 is 1.87 bits per heavy atom. The Kier molecular flexibility index (Phi) is 26.8. The quantitative estimate of drug-likeness (QED) is 0.0234. The van der Waals surface area contributed by atoms with Gasteiger partial charge in [0.2, 0.25) is 0 Å². The van der Waals surface area contributed by atoms with Crippen LogP contribution in [0.2, 0.25) is 0 Å². The van der Waals surface area contributed by atoms with Crippen molar-refractivity contribution in [2.45, 2.75) is 173 Å². The Morgan fingerprint density at radius 1 is 0.681 bits per heavy atom. The number of rotatable bonds is 32. The van der Waals surface area contributed by atoms with Crippen molar-refractivity contribution in [3.63, 3.8) is 0 Å². The van der Waals surface area contributed by atoms with Crippen molar-refractivity contribution >= 4 is 19.8 Å². The largest absolute Gasteiger partial charge is 0.469 e. The summed E-state index contributed by atoms with van der Waals surface area (Å²) in [5.74, 6) is -0.956. The summed E-state index contributed by atoms with van der Waals surface area (Å²) in [7, 11) is -4.76. The Labute approximate surface area is 285 Å². The number of hydrogen-bond donors (Lipinski definition) is 2. The van der Waals surface area contributed by atoms with E-state index in [0.717, 1.165) is 44.9 Å². The number of unbranched alkanes of at least 4 members (excludes halogenated alkanes) is 13. The zero-order chi connectivity index (χ0) is 34.4. The summed E-state index contributed by atoms with van der Waals surface area (Å²) < 4.78 is 31.9. The molecule has 1 aliphatic rings. The zero-order valence-electron chi connectivity index (χ0n) is 29.4. The van der Waals surface area contributed by atoms with Gasteiger partial charge in [0.15, 0.2) is 6.10 Å². The third kappa shape index (κ3) is 28.9. The molecule has 272 valence electrons. The number of hydrogen-bond acceptors (Lipinski definition) is 7. The maximum atomic E-state index is 12.3. The molecule has 1 saturated heterocycles. The minimum absolute atomic E-state index is 0.188. The monoisotopic (exact) mass is 684 g/mol. The van der Waals surface area contributed by atoms with Crippen LogP contribution in [0.25, 0.3) is 0 Å². The molecule has 1 fully saturated rings. The first-order chi connectivity index (χ1) is 22.7. The van der Waals surface area contributed by atoms with Gasteiger partial charge >= 0.3 is 19.8 Å². The van der Waals surface area contributed by atoms with E-state index < -0.39 is 32.5 Å². The molecule has 9 nitrogen and oxygen atoms in total. The van der Waals surface area contributed by atoms with E-state index >= 15 is 0 Å². The molecule has 0 aliphatic carbocycles. The lowest BCUT2D eigenvalue weighted by Gasteiger charge is -2.18. The molecule has 1 rings (SSSR count). The van der Waals surface area contributed by atoms with E-state index in [-0.39, 0.29) is 19.4 Å². The van der Waals surface area contributed by atoms with E-state index in [1.54, 1.807) is 0 Å². The van der Waals surface area contributed by atoms with Crippen LogP contribution in [0.4, 0.5) is 0 Å². The van der Waals surface area contributed by atoms with Crippen molar-refractivity contribution in [2.24, 2.45) is 0 Å². The number of ether oxygens (including phenoxy) is 3. The van der Waals surface area contributed by atoms with Crippen LogP contribution in [0.5, 0.6) is 0 Å². The van der Waals surface area contributed by atoms with Crippen LogP contribution in [0, 0.1) is 0 Å². The van der Waals surface area contributed by atoms with Crippen LogP contribution >= 0.6 is 7.82 Å². The van der Waals surface area contributed by atoms with Crippen LogP contribution in [0.15, 0.2) is 36.5 Å². The van der Waals surface area contributed by atoms with Gasteiger partial charge < -0.3 is 24.0 Å². The SMILES string of the molecule is CCCCCCCCCCCCCC(=O)O[C@H](COC(=O)CCC/C=C\C/C=C\C/C=C\CC1OC1CCCCC)COP(=O)(O)O. The average Bonchev–Trinajstić information content (AvgIpc) is 3.79. The van der Waals surface area contributed by atoms with Crippen molar-refractivity contribution < 1.29 is 42.7 Å². The normalized spacial score (nSPS) is 17.2. The smallest absolute Gasteiger partial charge is 0.462 e. The lowest BCUT2D eigenvalue weighted by Crippen LogP contribution is -2.29. The van der Waals surface area contributed by atoms with Crippen LogP contribution in [-0.2, 0) is 32.9 Å². The summed E-state index contributed by atoms with van der Waals surface area (Å²) in [6, 6.07) is 0. The highest BCUT2D eigenvalue weighted by atomic mass is 31.2. The summed E-state index contributed by atoms with van der Waals surface area (Å²) in [5.41, 5.74) is 0. The van der Waals surface area contributed by atoms with E-state index in [1.807, 2.05) is 6.08 Å². The minimum atomic E-state index is -4.76. The average molecular weight is 685 g/mol. The molecule has 3 atom stereocenters. The molecule has 0 aromatic carbocycles. The second-order valence-electron chi connectivity index (χ2n) is 12.6. The number of esters is 2. The van der Waals surface area contributed by atoms with Gasteiger partial charge in [0.05, 0.1) is 18.8 Å². The van der Waals surface area contributed by atoms with Gasteiger partial charge in [0, 0.05) is 12.8 Å². The maximum absolute atomic E-state index is 12.3. The van der Waals surface area contributed by atoms with Gasteiger partial charge in [-0.15, -0.1) is 0 Å². The Morgan fingerprint density at radius 2 is 1.23 bits per heavy atom. The molecule has 0 saturated carbocycles. The fourth-order valence-electron chi connectivity index (χ4n) is 5.22. The van der Waals surface area contributed by atoms with Crippen LogP contribution in [0.3, 0.4) is 0 Å². The predicted octanol–water partition coefficient (Wildman–Crippen LogP) is 9.61. The van der Waals surface area contributed by atoms with E-state index in [0.29, 0.717) is 25.0 Å². The van der Waals surface area contributed by atoms with Crippen molar-refractivity contribution in [3.8, 4) is 0 Å². The zero-order valence-corrected chi connectivity index (χ0v) is 30.3. The van der Waals surface area contributed by atoms with Crippen LogP contribution in [-0.4, -0.2) is 53.3 Å². The second-order valence-corrected chi connectivity index (χ2v) is 13.8. The highest BCUT2D eigenvalue weighted by molar-refractivity contribution is 7.46. The van der Waals surface area contributed by atoms with E-state index in [4.69, 9.17) is 24.0 Å². The molecule has 0 bridgehead atoms. The Bertz CT molecular complexity index is 927. The predicted molar refractivity (Wildman–Crippen MR) is 188 cm³/mol. The second kappa shape index (κ2) is 29.2. The topological polar surface area (TPSA) is 132 Å². The van der Waals surface area contributed by atoms with Gasteiger partial charge in [-0.1, -0.05) is 134 Å². The maximum Gasteiger partial charge on any atom is 0.469 e. The van der Waals surface area contributed by atoms with Crippen molar-refractivity contribution in [1.82, 2.24) is 0 Å². The van der Waals surface area contributed by atoms with Gasteiger partial charge in [-0.2, -0.15) is 0 Å². The lowest BCUT2D eigenvalue weighted by atomic mass is 10.1. The molecule has 2 unspecified atom stereocenters. The molecule has 2 N–H and O–H groups in total. The summed E-state index contributed by atoms with van der Waals surface area (Å²) in [5, 5.41) is 0. The van der Waals surface area contributed by atoms with Crippen molar-refractivity contribution in [2.75, 3.05) is 13.2 Å². The Balaban J connectivity index is 2.13. The van der Waals surface area contributed by atoms with E-state index in [9.17, 15) is 14.2 Å². The minimum Gasteiger partial charge on any atom is -0.462 e. The van der Waals surface area contributed by atoms with E-state index in [1.165, 1.54) is 70.6 Å². The third-order valence-corrected chi connectivity index (χ3v) is 8.57. The number of phosphoric ester groups is 1. The molecule has 0 amide bonds. The molecule has 0 aromatic rings. The van der Waals surface area contributed by atoms with E-state index in [2.05, 4.69) is 48.8 Å². The molecule has 0 spiro atoms. The summed E-state index contributed by atoms with van der Waals surface area (Å²) in [6.45, 7) is 3.57. The first-order valence-corrected chi connectivity index (χ1v) is 19.9. The van der Waals surface area contributed by atoms with Gasteiger partial charge in [-0.3, -0.25) is 14.1 Å². The fraction of sp³-hybridized carbons (Fsp3) is 0.784. The Hall–Kier alpha value is -1.77. The molecule has 47 heavy (non-hydrogen) atoms. The third-order valence-electron chi connectivity index (χ3n) is 8.09. The van der Waals surface area contributed by atoms with Crippen LogP contribution in [0.1, 0.15) is 155 Å². The first-order valence-electron chi connectivity index (χ1n) is 18.4. The molecular formula is C37H65O9P. The number of allylic oxidation sites excluding steroid dienone is 5. The number of phosphoric acid groups is 1. The molecule has 1 aliphatic heterocycles. The van der Waals surface area contributed by atoms with Gasteiger partial charge in [0.25, 0.3) is 0 Å². The number of epoxide rings is 1. The van der Waals surface area contributed by atoms with Gasteiger partial charge in [0.1, 0.15) is 6.61 Å². The summed E-state index contributed by atoms with van der Waals surface area (Å²) in [4.78, 5) is 42.6. The summed E-state index contributed by atoms with van der Waals surface area (Å²) >= 11 is 0. The van der Waals surface area contributed by atoms with Crippen LogP contribution < -0.4 is 0 Å². The van der Waals surface area contributed by atoms with Gasteiger partial charge in [-0.25, -0.2) is 4.57 Å². The standard InChI is InChI=1S/C37H65O9P/c1-3-5-7-8-9-10-11-16-19-22-26-30-37(39)45-33(32-44-47(40,41)42)31-43-36(38)29-25-21-18-15-13-12-14-17-20-24-28-35-34(46-35)27-23-6-4-2/h12,14-15,18,20,24,33-35H,3-11,13,16-17,19,21-23,25-32H2,1-2H3,(H2,40,41,42)/b14-12-,18-15-,24-20-/t33-,34?,35?/m1/s1. The van der Waals surface area contributed by atoms with Crippen molar-refractivity contribution in [3.05, 3.63) is 36.5 Å². The molecule has 0 aromatic heterocycles. The molecule has 10 heteroatoms. The molecule has 1 heterocycles. The number of carbonyl (C=O) groups is 2. The van der Waals surface area contributed by atoms with Crippen molar-refractivity contribution in [1.29, 1.82) is 0 Å². The molecular weight excluding hydrogens is 619 g/mol. The highest BCUT2D eigenvalue weighted by Gasteiger charge is 2.36. The summed E-state index contributed by atoms with van der Waals surface area (Å²) in [6.07, 6.45) is 34.8. The van der Waals surface area contributed by atoms with Gasteiger partial charge in [-0.05, 0) is 44.9 Å². The lowest BCUT2D eigenvalue weighted by molar-refractivity contribution is -0.161. The molecule has 0 radical (unpaired) electrons. The first kappa shape index (κ1) is 43.3.